The molecule has 25 heavy (non-hydrogen) atoms. The van der Waals surface area contributed by atoms with Crippen LogP contribution in [0.5, 0.6) is 0 Å². The molecule has 3 heterocycles. The van der Waals surface area contributed by atoms with E-state index in [4.69, 9.17) is 0 Å². The maximum Gasteiger partial charge on any atom is 0.243 e. The second-order valence-electron chi connectivity index (χ2n) is 6.25. The number of pyridine rings is 1. The Morgan fingerprint density at radius 1 is 1.28 bits per heavy atom. The van der Waals surface area contributed by atoms with Gasteiger partial charge in [0.1, 0.15) is 17.6 Å². The number of nitrogens with one attached hydrogen (secondary N) is 2. The van der Waals surface area contributed by atoms with E-state index in [1.165, 1.54) is 15.9 Å². The number of rotatable bonds is 4. The van der Waals surface area contributed by atoms with Crippen molar-refractivity contribution in [2.75, 3.05) is 6.54 Å². The van der Waals surface area contributed by atoms with Crippen LogP contribution in [0.3, 0.4) is 0 Å². The van der Waals surface area contributed by atoms with E-state index in [1.54, 1.807) is 0 Å². The van der Waals surface area contributed by atoms with Gasteiger partial charge in [-0.25, -0.2) is 0 Å². The number of hydrogen-bond acceptors (Lipinski definition) is 5. The Balaban J connectivity index is 1.45. The zero-order chi connectivity index (χ0) is 17.2. The molecule has 0 saturated carbocycles. The zero-order valence-corrected chi connectivity index (χ0v) is 14.1. The summed E-state index contributed by atoms with van der Waals surface area (Å²) in [6.45, 7) is 4.39. The first-order valence-corrected chi connectivity index (χ1v) is 8.44. The Morgan fingerprint density at radius 2 is 2.04 bits per heavy atom. The molecule has 128 valence electrons. The Labute approximate surface area is 145 Å². The summed E-state index contributed by atoms with van der Waals surface area (Å²) in [7, 11) is 0. The lowest BCUT2D eigenvalue weighted by Crippen LogP contribution is -2.31. The van der Waals surface area contributed by atoms with Crippen LogP contribution in [0.4, 0.5) is 0 Å². The average molecular weight is 336 g/mol. The number of carbonyl (C=O) groups is 1. The van der Waals surface area contributed by atoms with Crippen molar-refractivity contribution in [3.63, 3.8) is 0 Å². The van der Waals surface area contributed by atoms with E-state index >= 15 is 0 Å². The highest BCUT2D eigenvalue weighted by Gasteiger charge is 2.16. The number of benzene rings is 1. The summed E-state index contributed by atoms with van der Waals surface area (Å²) >= 11 is 0. The van der Waals surface area contributed by atoms with E-state index in [2.05, 4.69) is 25.8 Å². The van der Waals surface area contributed by atoms with E-state index in [0.717, 1.165) is 41.8 Å². The van der Waals surface area contributed by atoms with Gasteiger partial charge in [-0.3, -0.25) is 9.78 Å². The first kappa shape index (κ1) is 15.7. The molecule has 0 unspecified atom stereocenters. The predicted molar refractivity (Wildman–Crippen MR) is 93.8 cm³/mol. The number of aromatic nitrogens is 4. The van der Waals surface area contributed by atoms with Gasteiger partial charge in [0, 0.05) is 25.0 Å². The summed E-state index contributed by atoms with van der Waals surface area (Å²) in [5, 5.41) is 15.0. The molecule has 4 rings (SSSR count). The molecular formula is C18H20N6O. The van der Waals surface area contributed by atoms with Crippen molar-refractivity contribution in [1.82, 2.24) is 30.6 Å². The third-order valence-electron chi connectivity index (χ3n) is 4.55. The Bertz CT molecular complexity index is 899. The highest BCUT2D eigenvalue weighted by atomic mass is 16.2. The number of fused-ring (bicyclic) bond motifs is 2. The van der Waals surface area contributed by atoms with Gasteiger partial charge in [-0.05, 0) is 48.7 Å². The fourth-order valence-electron chi connectivity index (χ4n) is 3.22. The molecule has 1 aliphatic rings. The Hall–Kier alpha value is -2.80. The van der Waals surface area contributed by atoms with Crippen molar-refractivity contribution < 1.29 is 4.79 Å². The highest BCUT2D eigenvalue weighted by molar-refractivity contribution is 5.77. The lowest BCUT2D eigenvalue weighted by atomic mass is 9.96. The molecule has 0 fully saturated rings. The van der Waals surface area contributed by atoms with Crippen LogP contribution in [-0.2, 0) is 30.8 Å². The standard InChI is InChI=1S/C18H20N6O/c1-12-15(14-6-7-19-8-13(14)9-20-12)10-21-18(25)11-24-22-16-4-2-3-5-17(16)23-24/h2-5,9,19H,6-8,10-11H2,1H3,(H,21,25). The third-order valence-corrected chi connectivity index (χ3v) is 4.55. The van der Waals surface area contributed by atoms with Gasteiger partial charge in [0.05, 0.1) is 0 Å². The Kier molecular flexibility index (Phi) is 4.15. The summed E-state index contributed by atoms with van der Waals surface area (Å²) in [6.07, 6.45) is 2.90. The van der Waals surface area contributed by atoms with Gasteiger partial charge in [0.25, 0.3) is 0 Å². The molecule has 3 aromatic rings. The van der Waals surface area contributed by atoms with Gasteiger partial charge < -0.3 is 10.6 Å². The topological polar surface area (TPSA) is 84.7 Å². The van der Waals surface area contributed by atoms with Crippen molar-refractivity contribution in [1.29, 1.82) is 0 Å². The smallest absolute Gasteiger partial charge is 0.243 e. The van der Waals surface area contributed by atoms with Crippen molar-refractivity contribution in [2.45, 2.75) is 33.0 Å². The van der Waals surface area contributed by atoms with E-state index < -0.39 is 0 Å². The quantitative estimate of drug-likeness (QED) is 0.745. The molecule has 0 atom stereocenters. The molecule has 2 N–H and O–H groups in total. The summed E-state index contributed by atoms with van der Waals surface area (Å²) < 4.78 is 0. The van der Waals surface area contributed by atoms with Crippen LogP contribution in [0.2, 0.25) is 0 Å². The molecule has 0 saturated heterocycles. The van der Waals surface area contributed by atoms with Crippen LogP contribution < -0.4 is 10.6 Å². The molecule has 1 amide bonds. The van der Waals surface area contributed by atoms with Crippen LogP contribution >= 0.6 is 0 Å². The molecule has 0 aliphatic carbocycles. The van der Waals surface area contributed by atoms with Crippen LogP contribution in [-0.4, -0.2) is 32.4 Å². The second kappa shape index (κ2) is 6.60. The molecule has 0 radical (unpaired) electrons. The average Bonchev–Trinajstić information content (AvgIpc) is 3.03. The number of hydrogen-bond donors (Lipinski definition) is 2. The summed E-state index contributed by atoms with van der Waals surface area (Å²) in [5.41, 5.74) is 6.23. The monoisotopic (exact) mass is 336 g/mol. The molecular weight excluding hydrogens is 316 g/mol. The van der Waals surface area contributed by atoms with Crippen LogP contribution in [0, 0.1) is 6.92 Å². The summed E-state index contributed by atoms with van der Waals surface area (Å²) in [4.78, 5) is 18.2. The number of carbonyl (C=O) groups excluding carboxylic acids is 1. The predicted octanol–water partition coefficient (Wildman–Crippen LogP) is 1.10. The van der Waals surface area contributed by atoms with Gasteiger partial charge in [0.15, 0.2) is 0 Å². The first-order chi connectivity index (χ1) is 12.2. The van der Waals surface area contributed by atoms with Crippen molar-refractivity contribution in [3.8, 4) is 0 Å². The van der Waals surface area contributed by atoms with Gasteiger partial charge in [-0.15, -0.1) is 0 Å². The van der Waals surface area contributed by atoms with E-state index in [0.29, 0.717) is 6.54 Å². The first-order valence-electron chi connectivity index (χ1n) is 8.44. The summed E-state index contributed by atoms with van der Waals surface area (Å²) in [5.74, 6) is -0.105. The SMILES string of the molecule is Cc1ncc2c(c1CNC(=O)Cn1nc3ccccc3n1)CCNC2. The van der Waals surface area contributed by atoms with Gasteiger partial charge >= 0.3 is 0 Å². The largest absolute Gasteiger partial charge is 0.350 e. The van der Waals surface area contributed by atoms with E-state index in [1.807, 2.05) is 37.4 Å². The zero-order valence-electron chi connectivity index (χ0n) is 14.1. The minimum atomic E-state index is -0.105. The van der Waals surface area contributed by atoms with Gasteiger partial charge in [0.2, 0.25) is 5.91 Å². The minimum Gasteiger partial charge on any atom is -0.350 e. The van der Waals surface area contributed by atoms with E-state index in [9.17, 15) is 4.79 Å². The van der Waals surface area contributed by atoms with Crippen LogP contribution in [0.1, 0.15) is 22.4 Å². The normalized spacial score (nSPS) is 13.6. The molecule has 2 aromatic heterocycles. The number of nitrogens with zero attached hydrogens (tertiary/aromatic N) is 4. The molecule has 1 aromatic carbocycles. The second-order valence-corrected chi connectivity index (χ2v) is 6.25. The number of amides is 1. The molecule has 7 nitrogen and oxygen atoms in total. The minimum absolute atomic E-state index is 0.105. The molecule has 0 spiro atoms. The fourth-order valence-corrected chi connectivity index (χ4v) is 3.22. The third kappa shape index (κ3) is 3.23. The van der Waals surface area contributed by atoms with E-state index in [-0.39, 0.29) is 12.5 Å². The fraction of sp³-hybridized carbons (Fsp3) is 0.333. The maximum atomic E-state index is 12.3. The number of aryl methyl sites for hydroxylation is 1. The lowest BCUT2D eigenvalue weighted by Gasteiger charge is -2.21. The maximum absolute atomic E-state index is 12.3. The molecule has 1 aliphatic heterocycles. The highest BCUT2D eigenvalue weighted by Crippen LogP contribution is 2.20. The summed E-state index contributed by atoms with van der Waals surface area (Å²) in [6, 6.07) is 7.58. The molecule has 0 bridgehead atoms. The van der Waals surface area contributed by atoms with Crippen molar-refractivity contribution in [2.24, 2.45) is 0 Å². The van der Waals surface area contributed by atoms with Crippen LogP contribution in [0.15, 0.2) is 30.5 Å². The van der Waals surface area contributed by atoms with Gasteiger partial charge in [-0.1, -0.05) is 12.1 Å². The molecule has 7 heteroatoms. The lowest BCUT2D eigenvalue weighted by molar-refractivity contribution is -0.122. The van der Waals surface area contributed by atoms with Crippen molar-refractivity contribution in [3.05, 3.63) is 52.8 Å². The van der Waals surface area contributed by atoms with Gasteiger partial charge in [-0.2, -0.15) is 15.0 Å². The van der Waals surface area contributed by atoms with Crippen molar-refractivity contribution >= 4 is 16.9 Å². The Morgan fingerprint density at radius 3 is 2.80 bits per heavy atom. The van der Waals surface area contributed by atoms with Crippen LogP contribution in [0.25, 0.3) is 11.0 Å².